The van der Waals surface area contributed by atoms with Gasteiger partial charge in [-0.25, -0.2) is 4.98 Å². The van der Waals surface area contributed by atoms with Crippen LogP contribution in [0.3, 0.4) is 0 Å². The number of nitrogens with zero attached hydrogens (tertiary/aromatic N) is 4. The Bertz CT molecular complexity index is 981. The summed E-state index contributed by atoms with van der Waals surface area (Å²) in [6.45, 7) is 6.17. The number of hydrogen-bond donors (Lipinski definition) is 1. The molecule has 0 aliphatic rings. The predicted octanol–water partition coefficient (Wildman–Crippen LogP) is 4.55. The topological polar surface area (TPSA) is 68.8 Å². The lowest BCUT2D eigenvalue weighted by Gasteiger charge is -2.37. The van der Waals surface area contributed by atoms with Gasteiger partial charge >= 0.3 is 0 Å². The van der Waals surface area contributed by atoms with Crippen LogP contribution in [0.2, 0.25) is 0 Å². The summed E-state index contributed by atoms with van der Waals surface area (Å²) in [5.41, 5.74) is 0.238. The van der Waals surface area contributed by atoms with E-state index in [9.17, 15) is 18.4 Å². The number of amides is 2. The Kier molecular flexibility index (Phi) is 10.0. The number of benzene rings is 1. The maximum absolute atomic E-state index is 13.3. The summed E-state index contributed by atoms with van der Waals surface area (Å²) in [4.78, 5) is 35.1. The zero-order valence-corrected chi connectivity index (χ0v) is 22.0. The Balaban J connectivity index is 2.08. The van der Waals surface area contributed by atoms with Crippen molar-refractivity contribution in [1.29, 1.82) is 0 Å². The molecule has 0 saturated heterocycles. The van der Waals surface area contributed by atoms with Crippen LogP contribution in [-0.4, -0.2) is 72.1 Å². The normalized spacial score (nSPS) is 11.9. The van der Waals surface area contributed by atoms with E-state index in [-0.39, 0.29) is 12.5 Å². The first kappa shape index (κ1) is 28.5. The first-order valence-corrected chi connectivity index (χ1v) is 12.2. The van der Waals surface area contributed by atoms with Crippen molar-refractivity contribution >= 4 is 35.6 Å². The Labute approximate surface area is 210 Å². The van der Waals surface area contributed by atoms with Crippen LogP contribution in [0.15, 0.2) is 47.5 Å². The number of pyridine rings is 1. The van der Waals surface area contributed by atoms with Gasteiger partial charge in [0.25, 0.3) is 11.2 Å². The van der Waals surface area contributed by atoms with Crippen LogP contribution in [0, 0.1) is 0 Å². The van der Waals surface area contributed by atoms with Crippen molar-refractivity contribution in [3.8, 4) is 0 Å². The van der Waals surface area contributed by atoms with Gasteiger partial charge in [-0.1, -0.05) is 11.8 Å². The maximum Gasteiger partial charge on any atom is 0.295 e. The molecule has 1 heterocycles. The van der Waals surface area contributed by atoms with Crippen LogP contribution in [0.25, 0.3) is 0 Å². The third kappa shape index (κ3) is 8.78. The molecular weight excluding hydrogens is 472 g/mol. The van der Waals surface area contributed by atoms with Gasteiger partial charge in [0.15, 0.2) is 0 Å². The molecule has 1 N–H and O–H groups in total. The van der Waals surface area contributed by atoms with Crippen molar-refractivity contribution in [2.45, 2.75) is 49.4 Å². The fourth-order valence-electron chi connectivity index (χ4n) is 3.44. The van der Waals surface area contributed by atoms with E-state index >= 15 is 0 Å². The molecule has 0 unspecified atom stereocenters. The van der Waals surface area contributed by atoms with Crippen molar-refractivity contribution in [3.63, 3.8) is 0 Å². The summed E-state index contributed by atoms with van der Waals surface area (Å²) in [7, 11) is 5.65. The van der Waals surface area contributed by atoms with Gasteiger partial charge in [0, 0.05) is 43.8 Å². The fraction of sp³-hybridized carbons (Fsp3) is 0.480. The molecule has 0 radical (unpaired) electrons. The van der Waals surface area contributed by atoms with E-state index in [1.807, 2.05) is 26.2 Å². The van der Waals surface area contributed by atoms with Gasteiger partial charge in [0.2, 0.25) is 6.41 Å². The molecule has 35 heavy (non-hydrogen) atoms. The average molecular weight is 508 g/mol. The molecule has 1 aromatic heterocycles. The first-order chi connectivity index (χ1) is 16.3. The second-order valence-electron chi connectivity index (χ2n) is 9.19. The van der Waals surface area contributed by atoms with Crippen LogP contribution in [-0.2, 0) is 16.1 Å². The zero-order chi connectivity index (χ0) is 26.2. The lowest BCUT2D eigenvalue weighted by atomic mass is 10.00. The smallest absolute Gasteiger partial charge is 0.295 e. The zero-order valence-electron chi connectivity index (χ0n) is 21.2. The molecule has 0 aliphatic carbocycles. The third-order valence-electron chi connectivity index (χ3n) is 5.46. The Morgan fingerprint density at radius 1 is 1.11 bits per heavy atom. The number of carbonyl (C=O) groups excluding carboxylic acids is 2. The van der Waals surface area contributed by atoms with Crippen molar-refractivity contribution in [1.82, 2.24) is 14.8 Å². The minimum atomic E-state index is -2.88. The fourth-order valence-corrected chi connectivity index (χ4v) is 4.13. The number of rotatable bonds is 13. The summed E-state index contributed by atoms with van der Waals surface area (Å²) in [6.07, 6.45) is 3.31. The number of alkyl halides is 2. The standard InChI is InChI=1S/C25H35F2N5O2S/c1-24(2,23(34)31(6)20-8-10-21(11-9-20)35-25(3,26)27)32(18-33)17-19-12-14-29-22(16-19)28-13-7-15-30(4)5/h8-12,14,16,18H,7,13,15,17H2,1-6H3,(H,28,29). The number of hydrogen-bond acceptors (Lipinski definition) is 6. The average Bonchev–Trinajstić information content (AvgIpc) is 2.78. The molecule has 0 atom stereocenters. The Morgan fingerprint density at radius 2 is 1.77 bits per heavy atom. The van der Waals surface area contributed by atoms with Crippen molar-refractivity contribution in [3.05, 3.63) is 48.2 Å². The van der Waals surface area contributed by atoms with E-state index in [1.54, 1.807) is 51.4 Å². The van der Waals surface area contributed by atoms with Gasteiger partial charge in [-0.15, -0.1) is 0 Å². The largest absolute Gasteiger partial charge is 0.370 e. The highest BCUT2D eigenvalue weighted by molar-refractivity contribution is 8.00. The van der Waals surface area contributed by atoms with Crippen LogP contribution in [0.1, 0.15) is 32.8 Å². The highest BCUT2D eigenvalue weighted by Gasteiger charge is 2.37. The molecule has 2 amide bonds. The molecule has 0 aliphatic heterocycles. The maximum atomic E-state index is 13.3. The van der Waals surface area contributed by atoms with E-state index in [4.69, 9.17) is 0 Å². The summed E-state index contributed by atoms with van der Waals surface area (Å²) < 4.78 is 26.5. The quantitative estimate of drug-likeness (QED) is 0.244. The van der Waals surface area contributed by atoms with Crippen LogP contribution in [0.4, 0.5) is 20.3 Å². The third-order valence-corrected chi connectivity index (χ3v) is 6.33. The highest BCUT2D eigenvalue weighted by atomic mass is 32.2. The van der Waals surface area contributed by atoms with E-state index < -0.39 is 10.8 Å². The van der Waals surface area contributed by atoms with Gasteiger partial charge in [-0.05, 0) is 82.9 Å². The number of halogens is 2. The molecule has 2 aromatic rings. The van der Waals surface area contributed by atoms with Gasteiger partial charge in [0.1, 0.15) is 11.4 Å². The second-order valence-corrected chi connectivity index (χ2v) is 10.6. The Morgan fingerprint density at radius 3 is 2.34 bits per heavy atom. The molecule has 2 rings (SSSR count). The summed E-state index contributed by atoms with van der Waals surface area (Å²) >= 11 is 0.449. The molecule has 0 saturated carbocycles. The van der Waals surface area contributed by atoms with Crippen LogP contribution in [0.5, 0.6) is 0 Å². The van der Waals surface area contributed by atoms with E-state index in [1.165, 1.54) is 9.80 Å². The number of aromatic nitrogens is 1. The lowest BCUT2D eigenvalue weighted by molar-refractivity contribution is -0.137. The van der Waals surface area contributed by atoms with Gasteiger partial charge < -0.3 is 20.0 Å². The van der Waals surface area contributed by atoms with Gasteiger partial charge in [-0.3, -0.25) is 9.59 Å². The summed E-state index contributed by atoms with van der Waals surface area (Å²) in [6, 6.07) is 10.0. The predicted molar refractivity (Wildman–Crippen MR) is 138 cm³/mol. The number of likely N-dealkylation sites (N-methyl/N-ethyl adjacent to an activating group) is 1. The summed E-state index contributed by atoms with van der Waals surface area (Å²) in [5.74, 6) is 0.408. The van der Waals surface area contributed by atoms with Crippen LogP contribution < -0.4 is 10.2 Å². The number of carbonyl (C=O) groups is 2. The molecule has 1 aromatic carbocycles. The monoisotopic (exact) mass is 507 g/mol. The molecule has 0 bridgehead atoms. The minimum absolute atomic E-state index is 0.228. The molecule has 10 heteroatoms. The first-order valence-electron chi connectivity index (χ1n) is 11.3. The number of nitrogens with one attached hydrogen (secondary N) is 1. The van der Waals surface area contributed by atoms with E-state index in [0.717, 1.165) is 32.0 Å². The van der Waals surface area contributed by atoms with E-state index in [2.05, 4.69) is 15.2 Å². The van der Waals surface area contributed by atoms with Crippen molar-refractivity contribution < 1.29 is 18.4 Å². The van der Waals surface area contributed by atoms with Crippen molar-refractivity contribution in [2.75, 3.05) is 44.4 Å². The lowest BCUT2D eigenvalue weighted by Crippen LogP contribution is -2.54. The molecule has 192 valence electrons. The second kappa shape index (κ2) is 12.3. The van der Waals surface area contributed by atoms with Crippen LogP contribution >= 0.6 is 11.8 Å². The van der Waals surface area contributed by atoms with Gasteiger partial charge in [-0.2, -0.15) is 8.78 Å². The molecule has 7 nitrogen and oxygen atoms in total. The van der Waals surface area contributed by atoms with Crippen molar-refractivity contribution in [2.24, 2.45) is 0 Å². The molecular formula is C25H35F2N5O2S. The summed E-state index contributed by atoms with van der Waals surface area (Å²) in [5, 5.41) is 0.398. The van der Waals surface area contributed by atoms with E-state index in [0.29, 0.717) is 34.6 Å². The number of thioether (sulfide) groups is 1. The minimum Gasteiger partial charge on any atom is -0.370 e. The molecule has 0 spiro atoms. The number of anilines is 2. The van der Waals surface area contributed by atoms with Gasteiger partial charge in [0.05, 0.1) is 0 Å². The Hall–Kier alpha value is -2.72. The highest BCUT2D eigenvalue weighted by Crippen LogP contribution is 2.36. The SMILES string of the molecule is CN(C)CCCNc1cc(CN(C=O)C(C)(C)C(=O)N(C)c2ccc(SC(C)(F)F)cc2)ccn1. The molecule has 0 fully saturated rings.